The Kier molecular flexibility index (Phi) is 4.82. The van der Waals surface area contributed by atoms with Crippen molar-refractivity contribution in [2.45, 2.75) is 59.3 Å². The zero-order valence-electron chi connectivity index (χ0n) is 11.2. The Morgan fingerprint density at radius 3 is 2.19 bits per heavy atom. The van der Waals surface area contributed by atoms with Crippen molar-refractivity contribution in [3.8, 4) is 0 Å². The highest BCUT2D eigenvalue weighted by molar-refractivity contribution is 5.72. The van der Waals surface area contributed by atoms with E-state index in [2.05, 4.69) is 20.8 Å². The molecule has 94 valence electrons. The molecule has 1 rings (SSSR count). The van der Waals surface area contributed by atoms with Crippen LogP contribution in [-0.2, 0) is 9.53 Å². The van der Waals surface area contributed by atoms with E-state index in [9.17, 15) is 4.79 Å². The Balaban J connectivity index is 2.24. The summed E-state index contributed by atoms with van der Waals surface area (Å²) in [5.74, 6) is 1.00. The number of esters is 1. The highest BCUT2D eigenvalue weighted by Crippen LogP contribution is 2.34. The zero-order valence-corrected chi connectivity index (χ0v) is 11.2. The monoisotopic (exact) mass is 226 g/mol. The number of hydrogen-bond donors (Lipinski definition) is 0. The summed E-state index contributed by atoms with van der Waals surface area (Å²) in [5.41, 5.74) is 0.444. The second kappa shape index (κ2) is 5.70. The Bertz CT molecular complexity index is 219. The summed E-state index contributed by atoms with van der Waals surface area (Å²) in [6.07, 6.45) is 7.08. The predicted molar refractivity (Wildman–Crippen MR) is 66.2 cm³/mol. The number of carbonyl (C=O) groups excluding carboxylic acids is 1. The molecule has 0 saturated heterocycles. The first kappa shape index (κ1) is 13.5. The summed E-state index contributed by atoms with van der Waals surface area (Å²) < 4.78 is 4.80. The average Bonchev–Trinajstić information content (AvgIpc) is 2.25. The minimum atomic E-state index is -0.00530. The van der Waals surface area contributed by atoms with Gasteiger partial charge in [0.2, 0.25) is 0 Å². The molecule has 0 aromatic heterocycles. The normalized spacial score (nSPS) is 26.5. The van der Waals surface area contributed by atoms with Crippen molar-refractivity contribution < 1.29 is 9.53 Å². The zero-order chi connectivity index (χ0) is 12.2. The number of rotatable bonds is 3. The lowest BCUT2D eigenvalue weighted by atomic mass is 9.77. The van der Waals surface area contributed by atoms with Gasteiger partial charge in [-0.25, -0.2) is 0 Å². The quantitative estimate of drug-likeness (QED) is 0.684. The van der Waals surface area contributed by atoms with Gasteiger partial charge in [-0.15, -0.1) is 0 Å². The van der Waals surface area contributed by atoms with Crippen molar-refractivity contribution in [3.05, 3.63) is 0 Å². The van der Waals surface area contributed by atoms with Gasteiger partial charge in [0.15, 0.2) is 0 Å². The highest BCUT2D eigenvalue weighted by Gasteiger charge is 2.27. The molecule has 1 aliphatic rings. The Morgan fingerprint density at radius 1 is 1.19 bits per heavy atom. The van der Waals surface area contributed by atoms with Gasteiger partial charge in [0.25, 0.3) is 0 Å². The summed E-state index contributed by atoms with van der Waals surface area (Å²) in [5, 5.41) is 0. The maximum absolute atomic E-state index is 11.4. The van der Waals surface area contributed by atoms with Crippen LogP contribution in [0, 0.1) is 17.3 Å². The van der Waals surface area contributed by atoms with E-state index in [0.717, 1.165) is 18.8 Å². The molecule has 0 heterocycles. The Labute approximate surface area is 99.8 Å². The van der Waals surface area contributed by atoms with Crippen LogP contribution in [0.3, 0.4) is 0 Å². The van der Waals surface area contributed by atoms with Gasteiger partial charge in [-0.05, 0) is 49.9 Å². The molecule has 2 heteroatoms. The third-order valence-electron chi connectivity index (χ3n) is 3.68. The van der Waals surface area contributed by atoms with Crippen LogP contribution < -0.4 is 0 Å². The van der Waals surface area contributed by atoms with Gasteiger partial charge in [-0.2, -0.15) is 0 Å². The van der Waals surface area contributed by atoms with Crippen LogP contribution in [0.5, 0.6) is 0 Å². The molecular weight excluding hydrogens is 200 g/mol. The van der Waals surface area contributed by atoms with Crippen molar-refractivity contribution in [1.29, 1.82) is 0 Å². The van der Waals surface area contributed by atoms with Crippen molar-refractivity contribution in [2.24, 2.45) is 17.3 Å². The van der Waals surface area contributed by atoms with Crippen molar-refractivity contribution in [2.75, 3.05) is 7.11 Å². The number of carbonyl (C=O) groups is 1. The lowest BCUT2D eigenvalue weighted by Crippen LogP contribution is -2.23. The van der Waals surface area contributed by atoms with E-state index < -0.39 is 0 Å². The van der Waals surface area contributed by atoms with Crippen molar-refractivity contribution in [1.82, 2.24) is 0 Å². The van der Waals surface area contributed by atoms with Gasteiger partial charge in [-0.3, -0.25) is 4.79 Å². The number of hydrogen-bond acceptors (Lipinski definition) is 2. The largest absolute Gasteiger partial charge is 0.469 e. The van der Waals surface area contributed by atoms with E-state index in [4.69, 9.17) is 4.74 Å². The summed E-state index contributed by atoms with van der Waals surface area (Å²) in [7, 11) is 1.49. The van der Waals surface area contributed by atoms with Gasteiger partial charge in [0.1, 0.15) is 0 Å². The van der Waals surface area contributed by atoms with Crippen molar-refractivity contribution in [3.63, 3.8) is 0 Å². The molecule has 0 radical (unpaired) electrons. The second-order valence-corrected chi connectivity index (χ2v) is 6.34. The maximum atomic E-state index is 11.4. The van der Waals surface area contributed by atoms with E-state index in [-0.39, 0.29) is 11.9 Å². The molecule has 0 unspecified atom stereocenters. The van der Waals surface area contributed by atoms with Gasteiger partial charge in [-0.1, -0.05) is 20.8 Å². The Hall–Kier alpha value is -0.530. The molecular formula is C14H26O2. The van der Waals surface area contributed by atoms with Gasteiger partial charge >= 0.3 is 5.97 Å². The fourth-order valence-corrected chi connectivity index (χ4v) is 2.49. The van der Waals surface area contributed by atoms with Crippen molar-refractivity contribution >= 4 is 5.97 Å². The molecule has 0 aliphatic heterocycles. The fourth-order valence-electron chi connectivity index (χ4n) is 2.49. The van der Waals surface area contributed by atoms with Crippen LogP contribution in [0.4, 0.5) is 0 Å². The first-order valence-corrected chi connectivity index (χ1v) is 6.50. The highest BCUT2D eigenvalue weighted by atomic mass is 16.5. The van der Waals surface area contributed by atoms with Crippen LogP contribution in [-0.4, -0.2) is 13.1 Å². The lowest BCUT2D eigenvalue weighted by molar-refractivity contribution is -0.146. The van der Waals surface area contributed by atoms with Gasteiger partial charge in [0, 0.05) is 0 Å². The molecule has 2 nitrogen and oxygen atoms in total. The second-order valence-electron chi connectivity index (χ2n) is 6.34. The van der Waals surface area contributed by atoms with E-state index in [1.807, 2.05) is 0 Å². The molecule has 1 aliphatic carbocycles. The molecule has 16 heavy (non-hydrogen) atoms. The van der Waals surface area contributed by atoms with Crippen LogP contribution in [0.1, 0.15) is 59.3 Å². The first-order valence-electron chi connectivity index (χ1n) is 6.50. The number of ether oxygens (including phenoxy) is 1. The minimum absolute atomic E-state index is 0.00530. The topological polar surface area (TPSA) is 26.3 Å². The summed E-state index contributed by atoms with van der Waals surface area (Å²) in [6, 6.07) is 0. The molecule has 0 amide bonds. The average molecular weight is 226 g/mol. The van der Waals surface area contributed by atoms with Crippen LogP contribution in [0.25, 0.3) is 0 Å². The van der Waals surface area contributed by atoms with E-state index in [1.165, 1.54) is 32.8 Å². The van der Waals surface area contributed by atoms with E-state index in [0.29, 0.717) is 5.41 Å². The molecule has 0 bridgehead atoms. The van der Waals surface area contributed by atoms with E-state index >= 15 is 0 Å². The standard InChI is InChI=1S/C14H26O2/c1-14(2,3)10-9-11-5-7-12(8-6-11)13(15)16-4/h11-12H,5-10H2,1-4H3. The number of methoxy groups -OCH3 is 1. The Morgan fingerprint density at radius 2 is 1.75 bits per heavy atom. The van der Waals surface area contributed by atoms with Gasteiger partial charge < -0.3 is 4.74 Å². The summed E-state index contributed by atoms with van der Waals surface area (Å²) >= 11 is 0. The predicted octanol–water partition coefficient (Wildman–Crippen LogP) is 3.79. The molecule has 0 aromatic rings. The van der Waals surface area contributed by atoms with Crippen LogP contribution >= 0.6 is 0 Å². The summed E-state index contributed by atoms with van der Waals surface area (Å²) in [4.78, 5) is 11.4. The fraction of sp³-hybridized carbons (Fsp3) is 0.929. The molecule has 1 fully saturated rings. The van der Waals surface area contributed by atoms with Crippen LogP contribution in [0.2, 0.25) is 0 Å². The third kappa shape index (κ3) is 4.54. The smallest absolute Gasteiger partial charge is 0.308 e. The molecule has 0 spiro atoms. The summed E-state index contributed by atoms with van der Waals surface area (Å²) in [6.45, 7) is 6.90. The SMILES string of the molecule is COC(=O)C1CCC(CCC(C)(C)C)CC1. The van der Waals surface area contributed by atoms with Crippen LogP contribution in [0.15, 0.2) is 0 Å². The molecule has 0 aromatic carbocycles. The first-order chi connectivity index (χ1) is 7.42. The lowest BCUT2D eigenvalue weighted by Gasteiger charge is -2.29. The van der Waals surface area contributed by atoms with Gasteiger partial charge in [0.05, 0.1) is 13.0 Å². The minimum Gasteiger partial charge on any atom is -0.469 e. The molecule has 0 N–H and O–H groups in total. The molecule has 1 saturated carbocycles. The van der Waals surface area contributed by atoms with E-state index in [1.54, 1.807) is 0 Å². The maximum Gasteiger partial charge on any atom is 0.308 e. The molecule has 0 atom stereocenters. The third-order valence-corrected chi connectivity index (χ3v) is 3.68.